The zero-order valence-corrected chi connectivity index (χ0v) is 4.55. The number of carboxylic acid groups (broad SMARTS) is 1. The van der Waals surface area contributed by atoms with E-state index in [0.717, 1.165) is 0 Å². The van der Waals surface area contributed by atoms with Crippen LogP contribution in [0.25, 0.3) is 0 Å². The lowest BCUT2D eigenvalue weighted by Gasteiger charge is -2.04. The molecule has 0 radical (unpaired) electrons. The van der Waals surface area contributed by atoms with Gasteiger partial charge in [-0.1, -0.05) is 0 Å². The predicted octanol–water partition coefficient (Wildman–Crippen LogP) is -0.294. The van der Waals surface area contributed by atoms with Crippen LogP contribution in [0.4, 0.5) is 8.78 Å². The predicted molar refractivity (Wildman–Crippen MR) is 26.5 cm³/mol. The zero-order chi connectivity index (χ0) is 7.44. The summed E-state index contributed by atoms with van der Waals surface area (Å²) in [4.78, 5) is 9.63. The number of nitrogens with two attached hydrogens (primary N) is 1. The average molecular weight is 139 g/mol. The highest BCUT2D eigenvalue weighted by molar-refractivity contribution is 5.72. The molecule has 9 heavy (non-hydrogen) atoms. The molecule has 54 valence electrons. The molecule has 0 saturated heterocycles. The van der Waals surface area contributed by atoms with Gasteiger partial charge in [0.2, 0.25) is 6.17 Å². The third kappa shape index (κ3) is 2.36. The Morgan fingerprint density at radius 1 is 1.67 bits per heavy atom. The Labute approximate surface area is 50.5 Å². The summed E-state index contributed by atoms with van der Waals surface area (Å²) in [6.07, 6.45) is -4.59. The molecule has 0 aromatic carbocycles. The fourth-order valence-electron chi connectivity index (χ4n) is 0.274. The van der Waals surface area contributed by atoms with E-state index >= 15 is 0 Å². The molecule has 0 aromatic rings. The van der Waals surface area contributed by atoms with Crippen molar-refractivity contribution in [1.29, 1.82) is 0 Å². The van der Waals surface area contributed by atoms with Crippen LogP contribution in [0, 0.1) is 0 Å². The van der Waals surface area contributed by atoms with Crippen LogP contribution in [-0.2, 0) is 4.79 Å². The number of carbonyl (C=O) groups is 1. The summed E-state index contributed by atoms with van der Waals surface area (Å²) < 4.78 is 23.8. The molecule has 0 heterocycles. The first-order valence-electron chi connectivity index (χ1n) is 2.30. The Kier molecular flexibility index (Phi) is 3.08. The van der Waals surface area contributed by atoms with Gasteiger partial charge in [-0.05, 0) is 0 Å². The summed E-state index contributed by atoms with van der Waals surface area (Å²) in [5, 5.41) is 7.81. The number of carboxylic acids is 1. The van der Waals surface area contributed by atoms with E-state index in [-0.39, 0.29) is 0 Å². The first-order valence-corrected chi connectivity index (χ1v) is 2.30. The van der Waals surface area contributed by atoms with Crippen molar-refractivity contribution < 1.29 is 18.7 Å². The van der Waals surface area contributed by atoms with Gasteiger partial charge >= 0.3 is 5.97 Å². The molecule has 0 saturated carbocycles. The highest BCUT2D eigenvalue weighted by atomic mass is 19.2. The number of aliphatic carboxylic acids is 1. The first-order chi connectivity index (χ1) is 4.09. The number of hydrogen-bond acceptors (Lipinski definition) is 2. The molecule has 2 atom stereocenters. The van der Waals surface area contributed by atoms with Crippen LogP contribution in [0.15, 0.2) is 0 Å². The maximum absolute atomic E-state index is 11.9. The van der Waals surface area contributed by atoms with Gasteiger partial charge < -0.3 is 10.8 Å². The van der Waals surface area contributed by atoms with E-state index < -0.39 is 24.9 Å². The fraction of sp³-hybridized carbons (Fsp3) is 0.750. The van der Waals surface area contributed by atoms with E-state index in [2.05, 4.69) is 5.73 Å². The summed E-state index contributed by atoms with van der Waals surface area (Å²) in [6, 6.07) is 0. The Bertz CT molecular complexity index is 109. The van der Waals surface area contributed by atoms with Gasteiger partial charge in [-0.3, -0.25) is 0 Å². The SMILES string of the molecule is NC[C@H](F)[C@@H](F)C(=O)O. The third-order valence-corrected chi connectivity index (χ3v) is 0.779. The smallest absolute Gasteiger partial charge is 0.341 e. The molecule has 3 N–H and O–H groups in total. The summed E-state index contributed by atoms with van der Waals surface area (Å²) >= 11 is 0. The molecule has 3 nitrogen and oxygen atoms in total. The molecule has 0 rings (SSSR count). The van der Waals surface area contributed by atoms with Crippen molar-refractivity contribution >= 4 is 5.97 Å². The van der Waals surface area contributed by atoms with Gasteiger partial charge in [-0.2, -0.15) is 0 Å². The van der Waals surface area contributed by atoms with Crippen LogP contribution in [0.1, 0.15) is 0 Å². The van der Waals surface area contributed by atoms with Gasteiger partial charge in [0.15, 0.2) is 6.17 Å². The third-order valence-electron chi connectivity index (χ3n) is 0.779. The summed E-state index contributed by atoms with van der Waals surface area (Å²) in [6.45, 7) is -0.604. The van der Waals surface area contributed by atoms with Crippen molar-refractivity contribution in [3.63, 3.8) is 0 Å². The topological polar surface area (TPSA) is 63.3 Å². The van der Waals surface area contributed by atoms with Gasteiger partial charge in [0.05, 0.1) is 0 Å². The fourth-order valence-corrected chi connectivity index (χ4v) is 0.274. The van der Waals surface area contributed by atoms with Crippen LogP contribution in [-0.4, -0.2) is 30.0 Å². The molecular formula is C4H7F2NO2. The molecule has 0 aliphatic rings. The Morgan fingerprint density at radius 3 is 2.22 bits per heavy atom. The van der Waals surface area contributed by atoms with Crippen molar-refractivity contribution in [3.8, 4) is 0 Å². The lowest BCUT2D eigenvalue weighted by Crippen LogP contribution is -2.32. The molecule has 0 fully saturated rings. The molecule has 0 spiro atoms. The van der Waals surface area contributed by atoms with Crippen LogP contribution >= 0.6 is 0 Å². The quantitative estimate of drug-likeness (QED) is 0.564. The minimum Gasteiger partial charge on any atom is -0.479 e. The largest absolute Gasteiger partial charge is 0.479 e. The van der Waals surface area contributed by atoms with E-state index in [9.17, 15) is 13.6 Å². The summed E-state index contributed by atoms with van der Waals surface area (Å²) in [5.41, 5.74) is 4.63. The standard InChI is InChI=1S/C4H7F2NO2/c5-2(1-7)3(6)4(8)9/h2-3H,1,7H2,(H,8,9)/t2-,3+/m0/s1. The van der Waals surface area contributed by atoms with Crippen LogP contribution < -0.4 is 5.73 Å². The normalized spacial score (nSPS) is 16.8. The lowest BCUT2D eigenvalue weighted by molar-refractivity contribution is -0.145. The van der Waals surface area contributed by atoms with Crippen LogP contribution in [0.5, 0.6) is 0 Å². The van der Waals surface area contributed by atoms with Gasteiger partial charge in [-0.25, -0.2) is 13.6 Å². The lowest BCUT2D eigenvalue weighted by atomic mass is 10.2. The molecule has 0 aliphatic carbocycles. The second kappa shape index (κ2) is 3.34. The van der Waals surface area contributed by atoms with E-state index in [1.54, 1.807) is 0 Å². The molecular weight excluding hydrogens is 132 g/mol. The molecule has 5 heteroatoms. The highest BCUT2D eigenvalue weighted by Crippen LogP contribution is 2.01. The first kappa shape index (κ1) is 8.29. The molecule has 0 amide bonds. The van der Waals surface area contributed by atoms with E-state index in [1.165, 1.54) is 0 Å². The molecule has 0 aliphatic heterocycles. The van der Waals surface area contributed by atoms with Crippen LogP contribution in [0.3, 0.4) is 0 Å². The zero-order valence-electron chi connectivity index (χ0n) is 4.55. The second-order valence-electron chi connectivity index (χ2n) is 1.49. The van der Waals surface area contributed by atoms with Crippen molar-refractivity contribution in [3.05, 3.63) is 0 Å². The minimum absolute atomic E-state index is 0.604. The Balaban J connectivity index is 3.72. The van der Waals surface area contributed by atoms with Gasteiger partial charge in [-0.15, -0.1) is 0 Å². The summed E-state index contributed by atoms with van der Waals surface area (Å²) in [5.74, 6) is -1.81. The maximum atomic E-state index is 11.9. The van der Waals surface area contributed by atoms with Crippen molar-refractivity contribution in [2.75, 3.05) is 6.54 Å². The van der Waals surface area contributed by atoms with Gasteiger partial charge in [0.25, 0.3) is 0 Å². The monoisotopic (exact) mass is 139 g/mol. The van der Waals surface area contributed by atoms with Crippen molar-refractivity contribution in [2.24, 2.45) is 5.73 Å². The number of halogens is 2. The number of hydrogen-bond donors (Lipinski definition) is 2. The number of rotatable bonds is 3. The Morgan fingerprint density at radius 2 is 2.11 bits per heavy atom. The number of alkyl halides is 2. The highest BCUT2D eigenvalue weighted by Gasteiger charge is 2.25. The summed E-state index contributed by atoms with van der Waals surface area (Å²) in [7, 11) is 0. The maximum Gasteiger partial charge on any atom is 0.341 e. The Hall–Kier alpha value is -0.710. The van der Waals surface area contributed by atoms with E-state index in [0.29, 0.717) is 0 Å². The molecule has 0 bridgehead atoms. The minimum atomic E-state index is -2.49. The van der Waals surface area contributed by atoms with E-state index in [1.807, 2.05) is 0 Å². The van der Waals surface area contributed by atoms with E-state index in [4.69, 9.17) is 5.11 Å². The van der Waals surface area contributed by atoms with Crippen molar-refractivity contribution in [1.82, 2.24) is 0 Å². The van der Waals surface area contributed by atoms with Gasteiger partial charge in [0, 0.05) is 6.54 Å². The van der Waals surface area contributed by atoms with Crippen LogP contribution in [0.2, 0.25) is 0 Å². The molecule has 0 unspecified atom stereocenters. The van der Waals surface area contributed by atoms with Gasteiger partial charge in [0.1, 0.15) is 0 Å². The average Bonchev–Trinajstić information content (AvgIpc) is 1.84. The van der Waals surface area contributed by atoms with Crippen molar-refractivity contribution in [2.45, 2.75) is 12.3 Å². The second-order valence-corrected chi connectivity index (χ2v) is 1.49. The molecule has 0 aromatic heterocycles.